The van der Waals surface area contributed by atoms with Crippen molar-refractivity contribution in [3.8, 4) is 5.75 Å². The first-order valence-corrected chi connectivity index (χ1v) is 14.5. The monoisotopic (exact) mass is 560 g/mol. The van der Waals surface area contributed by atoms with Gasteiger partial charge in [0.05, 0.1) is 17.7 Å². The van der Waals surface area contributed by atoms with Gasteiger partial charge in [0.1, 0.15) is 11.8 Å². The third kappa shape index (κ3) is 5.77. The fourth-order valence-electron chi connectivity index (χ4n) is 6.04. The number of imide groups is 2. The summed E-state index contributed by atoms with van der Waals surface area (Å²) in [6.45, 7) is 9.12. The van der Waals surface area contributed by atoms with E-state index in [1.165, 1.54) is 5.69 Å². The molecule has 3 saturated heterocycles. The number of ether oxygens (including phenoxy) is 1. The lowest BCUT2D eigenvalue weighted by molar-refractivity contribution is -0.136. The van der Waals surface area contributed by atoms with Gasteiger partial charge in [-0.05, 0) is 55.3 Å². The van der Waals surface area contributed by atoms with E-state index in [-0.39, 0.29) is 18.7 Å². The summed E-state index contributed by atoms with van der Waals surface area (Å²) in [5.74, 6) is -1.03. The lowest BCUT2D eigenvalue weighted by atomic mass is 10.0. The van der Waals surface area contributed by atoms with E-state index in [0.717, 1.165) is 81.7 Å². The Hall–Kier alpha value is -3.96. The van der Waals surface area contributed by atoms with E-state index in [1.54, 1.807) is 12.1 Å². The molecular weight excluding hydrogens is 524 g/mol. The minimum absolute atomic E-state index is 0.107. The highest BCUT2D eigenvalue weighted by Gasteiger charge is 2.44. The van der Waals surface area contributed by atoms with Gasteiger partial charge >= 0.3 is 0 Å². The van der Waals surface area contributed by atoms with E-state index in [4.69, 9.17) is 4.74 Å². The summed E-state index contributed by atoms with van der Waals surface area (Å²) in [5, 5.41) is 5.61. The van der Waals surface area contributed by atoms with Crippen LogP contribution in [-0.2, 0) is 9.59 Å². The molecule has 2 N–H and O–H groups in total. The molecule has 1 atom stereocenters. The number of nitrogens with one attached hydrogen (secondary N) is 2. The SMILES string of the molecule is O=C1CCC(N2C(=O)c3ccc(N4CCN(CCCOc5ccc(N6CCNCC6)cc5)CC4)cc3C2=O)C(=O)N1. The van der Waals surface area contributed by atoms with Crippen LogP contribution in [0.2, 0.25) is 0 Å². The molecule has 0 saturated carbocycles. The Morgan fingerprint density at radius 2 is 1.46 bits per heavy atom. The van der Waals surface area contributed by atoms with Crippen molar-refractivity contribution < 1.29 is 23.9 Å². The molecule has 4 aliphatic rings. The highest BCUT2D eigenvalue weighted by molar-refractivity contribution is 6.23. The molecular formula is C30H36N6O5. The lowest BCUT2D eigenvalue weighted by Crippen LogP contribution is -2.54. The molecule has 4 aliphatic heterocycles. The molecule has 3 fully saturated rings. The Bertz CT molecular complexity index is 1320. The van der Waals surface area contributed by atoms with Gasteiger partial charge in [0, 0.05) is 76.7 Å². The van der Waals surface area contributed by atoms with Crippen molar-refractivity contribution in [1.29, 1.82) is 0 Å². The molecule has 4 amide bonds. The van der Waals surface area contributed by atoms with Crippen molar-refractivity contribution in [2.75, 3.05) is 75.3 Å². The Morgan fingerprint density at radius 1 is 0.780 bits per heavy atom. The van der Waals surface area contributed by atoms with Gasteiger partial charge < -0.3 is 19.9 Å². The maximum Gasteiger partial charge on any atom is 0.262 e. The van der Waals surface area contributed by atoms with Crippen LogP contribution in [0.15, 0.2) is 42.5 Å². The van der Waals surface area contributed by atoms with Crippen LogP contribution in [0.1, 0.15) is 40.0 Å². The number of anilines is 2. The number of benzene rings is 2. The Balaban J connectivity index is 0.963. The summed E-state index contributed by atoms with van der Waals surface area (Å²) in [6, 6.07) is 12.7. The van der Waals surface area contributed by atoms with Crippen LogP contribution in [-0.4, -0.2) is 105 Å². The molecule has 0 spiro atoms. The van der Waals surface area contributed by atoms with Crippen molar-refractivity contribution in [2.45, 2.75) is 25.3 Å². The van der Waals surface area contributed by atoms with Crippen LogP contribution in [0.3, 0.4) is 0 Å². The summed E-state index contributed by atoms with van der Waals surface area (Å²) in [6.07, 6.45) is 1.19. The highest BCUT2D eigenvalue weighted by Crippen LogP contribution is 2.31. The fourth-order valence-corrected chi connectivity index (χ4v) is 6.04. The van der Waals surface area contributed by atoms with E-state index in [0.29, 0.717) is 17.7 Å². The van der Waals surface area contributed by atoms with Crippen molar-refractivity contribution in [2.24, 2.45) is 0 Å². The predicted octanol–water partition coefficient (Wildman–Crippen LogP) is 1.09. The van der Waals surface area contributed by atoms with E-state index in [1.807, 2.05) is 6.07 Å². The van der Waals surface area contributed by atoms with E-state index in [2.05, 4.69) is 49.6 Å². The maximum atomic E-state index is 13.2. The highest BCUT2D eigenvalue weighted by atomic mass is 16.5. The molecule has 1 unspecified atom stereocenters. The molecule has 6 rings (SSSR count). The standard InChI is InChI=1S/C30H36N6O5/c37-27-9-8-26(28(38)32-27)36-29(39)24-7-4-22(20-25(24)30(36)40)35-17-15-33(16-18-35)12-1-19-41-23-5-2-21(3-6-23)34-13-10-31-11-14-34/h2-7,20,26,31H,1,8-19H2,(H,32,37,38). The molecule has 11 heteroatoms. The molecule has 0 bridgehead atoms. The zero-order valence-corrected chi connectivity index (χ0v) is 23.1. The summed E-state index contributed by atoms with van der Waals surface area (Å²) in [4.78, 5) is 58.0. The summed E-state index contributed by atoms with van der Waals surface area (Å²) >= 11 is 0. The van der Waals surface area contributed by atoms with Crippen molar-refractivity contribution >= 4 is 35.0 Å². The van der Waals surface area contributed by atoms with Crippen LogP contribution >= 0.6 is 0 Å². The fraction of sp³-hybridized carbons (Fsp3) is 0.467. The normalized spacial score (nSPS) is 21.8. The van der Waals surface area contributed by atoms with E-state index < -0.39 is 23.8 Å². The Labute approximate surface area is 239 Å². The smallest absolute Gasteiger partial charge is 0.262 e. The van der Waals surface area contributed by atoms with Crippen molar-refractivity contribution in [1.82, 2.24) is 20.4 Å². The number of carbonyl (C=O) groups is 4. The van der Waals surface area contributed by atoms with Crippen LogP contribution in [0.25, 0.3) is 0 Å². The number of hydrogen-bond acceptors (Lipinski definition) is 9. The van der Waals surface area contributed by atoms with E-state index >= 15 is 0 Å². The summed E-state index contributed by atoms with van der Waals surface area (Å²) in [7, 11) is 0. The Morgan fingerprint density at radius 3 is 2.20 bits per heavy atom. The number of carbonyl (C=O) groups excluding carboxylic acids is 4. The number of fused-ring (bicyclic) bond motifs is 1. The zero-order valence-electron chi connectivity index (χ0n) is 23.1. The van der Waals surface area contributed by atoms with Gasteiger partial charge in [-0.1, -0.05) is 0 Å². The zero-order chi connectivity index (χ0) is 28.3. The minimum Gasteiger partial charge on any atom is -0.494 e. The molecule has 2 aromatic rings. The molecule has 11 nitrogen and oxygen atoms in total. The van der Waals surface area contributed by atoms with Crippen molar-refractivity contribution in [3.63, 3.8) is 0 Å². The van der Waals surface area contributed by atoms with Crippen LogP contribution in [0.5, 0.6) is 5.75 Å². The molecule has 4 heterocycles. The molecule has 2 aromatic carbocycles. The van der Waals surface area contributed by atoms with Crippen LogP contribution in [0, 0.1) is 0 Å². The second kappa shape index (κ2) is 11.9. The number of hydrogen-bond donors (Lipinski definition) is 2. The van der Waals surface area contributed by atoms with Crippen LogP contribution < -0.4 is 25.2 Å². The van der Waals surface area contributed by atoms with Gasteiger partial charge in [-0.15, -0.1) is 0 Å². The number of nitrogens with zero attached hydrogens (tertiary/aromatic N) is 4. The second-order valence-electron chi connectivity index (χ2n) is 10.9. The maximum absolute atomic E-state index is 13.2. The third-order valence-corrected chi connectivity index (χ3v) is 8.37. The number of piperazine rings is 2. The van der Waals surface area contributed by atoms with Gasteiger partial charge in [-0.3, -0.25) is 34.3 Å². The van der Waals surface area contributed by atoms with Crippen LogP contribution in [0.4, 0.5) is 11.4 Å². The van der Waals surface area contributed by atoms with Gasteiger partial charge in [-0.25, -0.2) is 0 Å². The van der Waals surface area contributed by atoms with Gasteiger partial charge in [-0.2, -0.15) is 0 Å². The minimum atomic E-state index is -0.951. The summed E-state index contributed by atoms with van der Waals surface area (Å²) < 4.78 is 5.98. The average Bonchev–Trinajstić information content (AvgIpc) is 3.25. The van der Waals surface area contributed by atoms with Crippen molar-refractivity contribution in [3.05, 3.63) is 53.6 Å². The average molecular weight is 561 g/mol. The third-order valence-electron chi connectivity index (χ3n) is 8.37. The van der Waals surface area contributed by atoms with Gasteiger partial charge in [0.25, 0.3) is 11.8 Å². The number of piperidine rings is 1. The molecule has 0 aromatic heterocycles. The molecule has 41 heavy (non-hydrogen) atoms. The largest absolute Gasteiger partial charge is 0.494 e. The summed E-state index contributed by atoms with van der Waals surface area (Å²) in [5.41, 5.74) is 2.75. The van der Waals surface area contributed by atoms with E-state index in [9.17, 15) is 19.2 Å². The second-order valence-corrected chi connectivity index (χ2v) is 10.9. The van der Waals surface area contributed by atoms with Gasteiger partial charge in [0.2, 0.25) is 11.8 Å². The Kier molecular flexibility index (Phi) is 7.89. The molecule has 216 valence electrons. The van der Waals surface area contributed by atoms with Gasteiger partial charge in [0.15, 0.2) is 0 Å². The first kappa shape index (κ1) is 27.2. The molecule has 0 radical (unpaired) electrons. The first-order chi connectivity index (χ1) is 20.0. The quantitative estimate of drug-likeness (QED) is 0.362. The first-order valence-electron chi connectivity index (χ1n) is 14.5. The topological polar surface area (TPSA) is 115 Å². The lowest BCUT2D eigenvalue weighted by Gasteiger charge is -2.36. The number of amides is 4. The molecule has 0 aliphatic carbocycles. The predicted molar refractivity (Wildman–Crippen MR) is 153 cm³/mol. The number of rotatable bonds is 8.